The second-order valence-electron chi connectivity index (χ2n) is 5.19. The normalized spacial score (nSPS) is 11.9. The summed E-state index contributed by atoms with van der Waals surface area (Å²) in [5.74, 6) is -1.62. The Morgan fingerprint density at radius 1 is 1.43 bits per heavy atom. The van der Waals surface area contributed by atoms with Gasteiger partial charge in [0.25, 0.3) is 0 Å². The van der Waals surface area contributed by atoms with Crippen molar-refractivity contribution >= 4 is 23.2 Å². The summed E-state index contributed by atoms with van der Waals surface area (Å²) in [4.78, 5) is 31.5. The monoisotopic (exact) mass is 333 g/mol. The number of carboxylic acid groups (broad SMARTS) is 1. The van der Waals surface area contributed by atoms with Gasteiger partial charge in [-0.3, -0.25) is 14.6 Å². The number of aliphatic carboxylic acids is 1. The Labute approximate surface area is 138 Å². The van der Waals surface area contributed by atoms with E-state index in [1.54, 1.807) is 12.4 Å². The van der Waals surface area contributed by atoms with Crippen molar-refractivity contribution < 1.29 is 14.7 Å². The first-order valence-corrected chi connectivity index (χ1v) is 8.32. The Kier molecular flexibility index (Phi) is 6.22. The lowest BCUT2D eigenvalue weighted by molar-refractivity contribution is -0.141. The molecule has 0 saturated carbocycles. The van der Waals surface area contributed by atoms with E-state index in [1.165, 1.54) is 11.3 Å². The van der Waals surface area contributed by atoms with Gasteiger partial charge in [-0.05, 0) is 18.6 Å². The molecule has 2 heterocycles. The zero-order chi connectivity index (χ0) is 16.7. The number of thiazole rings is 1. The SMILES string of the molecule is CCCC(CNC(=O)Cc1csc(-c2cccnc2)n1)C(=O)O. The van der Waals surface area contributed by atoms with E-state index in [0.717, 1.165) is 17.0 Å². The molecule has 2 aromatic rings. The van der Waals surface area contributed by atoms with Crippen molar-refractivity contribution in [2.45, 2.75) is 26.2 Å². The van der Waals surface area contributed by atoms with Crippen molar-refractivity contribution in [3.63, 3.8) is 0 Å². The van der Waals surface area contributed by atoms with E-state index >= 15 is 0 Å². The van der Waals surface area contributed by atoms with Gasteiger partial charge >= 0.3 is 5.97 Å². The molecule has 0 bridgehead atoms. The molecule has 2 rings (SSSR count). The second-order valence-corrected chi connectivity index (χ2v) is 6.05. The molecule has 0 radical (unpaired) electrons. The van der Waals surface area contributed by atoms with Gasteiger partial charge in [0.15, 0.2) is 0 Å². The number of hydrogen-bond donors (Lipinski definition) is 2. The zero-order valence-electron chi connectivity index (χ0n) is 12.9. The third-order valence-corrected chi connectivity index (χ3v) is 4.27. The molecule has 0 aromatic carbocycles. The second kappa shape index (κ2) is 8.38. The van der Waals surface area contributed by atoms with Crippen molar-refractivity contribution in [1.29, 1.82) is 0 Å². The average Bonchev–Trinajstić information content (AvgIpc) is 3.00. The Bertz CT molecular complexity index is 658. The maximum Gasteiger partial charge on any atom is 0.308 e. The van der Waals surface area contributed by atoms with Gasteiger partial charge in [0, 0.05) is 29.9 Å². The first kappa shape index (κ1) is 17.1. The van der Waals surface area contributed by atoms with Crippen LogP contribution in [0.5, 0.6) is 0 Å². The van der Waals surface area contributed by atoms with Crippen molar-refractivity contribution in [2.24, 2.45) is 5.92 Å². The number of pyridine rings is 1. The molecule has 2 N–H and O–H groups in total. The van der Waals surface area contributed by atoms with Crippen LogP contribution in [-0.4, -0.2) is 33.5 Å². The van der Waals surface area contributed by atoms with Gasteiger partial charge in [-0.15, -0.1) is 11.3 Å². The van der Waals surface area contributed by atoms with Gasteiger partial charge in [-0.2, -0.15) is 0 Å². The van der Waals surface area contributed by atoms with Gasteiger partial charge < -0.3 is 10.4 Å². The topological polar surface area (TPSA) is 92.2 Å². The Hall–Kier alpha value is -2.28. The number of hydrogen-bond acceptors (Lipinski definition) is 5. The van der Waals surface area contributed by atoms with Crippen LogP contribution in [0.25, 0.3) is 10.6 Å². The van der Waals surface area contributed by atoms with Crippen LogP contribution in [0.1, 0.15) is 25.5 Å². The van der Waals surface area contributed by atoms with Crippen LogP contribution in [0, 0.1) is 5.92 Å². The molecule has 2 aromatic heterocycles. The molecule has 7 heteroatoms. The highest BCUT2D eigenvalue weighted by atomic mass is 32.1. The molecule has 0 spiro atoms. The summed E-state index contributed by atoms with van der Waals surface area (Å²) in [6, 6.07) is 3.75. The molecule has 0 saturated heterocycles. The van der Waals surface area contributed by atoms with Gasteiger partial charge in [0.1, 0.15) is 5.01 Å². The Morgan fingerprint density at radius 2 is 2.26 bits per heavy atom. The first-order valence-electron chi connectivity index (χ1n) is 7.44. The maximum absolute atomic E-state index is 11.9. The van der Waals surface area contributed by atoms with E-state index in [0.29, 0.717) is 12.1 Å². The number of carbonyl (C=O) groups is 2. The molecule has 23 heavy (non-hydrogen) atoms. The number of aromatic nitrogens is 2. The predicted molar refractivity (Wildman–Crippen MR) is 88.1 cm³/mol. The van der Waals surface area contributed by atoms with Gasteiger partial charge in [0.2, 0.25) is 5.91 Å². The number of carbonyl (C=O) groups excluding carboxylic acids is 1. The minimum absolute atomic E-state index is 0.148. The quantitative estimate of drug-likeness (QED) is 0.774. The van der Waals surface area contributed by atoms with Crippen molar-refractivity contribution in [2.75, 3.05) is 6.54 Å². The van der Waals surface area contributed by atoms with Gasteiger partial charge in [-0.1, -0.05) is 13.3 Å². The lowest BCUT2D eigenvalue weighted by Crippen LogP contribution is -2.33. The van der Waals surface area contributed by atoms with Crippen molar-refractivity contribution in [3.05, 3.63) is 35.6 Å². The van der Waals surface area contributed by atoms with E-state index in [9.17, 15) is 9.59 Å². The predicted octanol–water partition coefficient (Wildman–Crippen LogP) is 2.36. The molecule has 0 fully saturated rings. The largest absolute Gasteiger partial charge is 0.481 e. The van der Waals surface area contributed by atoms with Crippen LogP contribution in [-0.2, 0) is 16.0 Å². The molecular formula is C16H19N3O3S. The lowest BCUT2D eigenvalue weighted by atomic mass is 10.0. The van der Waals surface area contributed by atoms with E-state index in [2.05, 4.69) is 15.3 Å². The van der Waals surface area contributed by atoms with Crippen LogP contribution >= 0.6 is 11.3 Å². The lowest BCUT2D eigenvalue weighted by Gasteiger charge is -2.11. The summed E-state index contributed by atoms with van der Waals surface area (Å²) in [5.41, 5.74) is 1.59. The number of carboxylic acids is 1. The molecule has 1 unspecified atom stereocenters. The van der Waals surface area contributed by atoms with E-state index in [4.69, 9.17) is 5.11 Å². The van der Waals surface area contributed by atoms with E-state index < -0.39 is 11.9 Å². The smallest absolute Gasteiger partial charge is 0.308 e. The summed E-state index contributed by atoms with van der Waals surface area (Å²) in [5, 5.41) is 14.4. The van der Waals surface area contributed by atoms with Crippen LogP contribution in [0.2, 0.25) is 0 Å². The minimum atomic E-state index is -0.875. The van der Waals surface area contributed by atoms with Crippen molar-refractivity contribution in [3.8, 4) is 10.6 Å². The fourth-order valence-corrected chi connectivity index (χ4v) is 2.95. The summed E-state index contributed by atoms with van der Waals surface area (Å²) >= 11 is 1.46. The molecule has 1 atom stereocenters. The highest BCUT2D eigenvalue weighted by Crippen LogP contribution is 2.22. The third kappa shape index (κ3) is 5.14. The van der Waals surface area contributed by atoms with Gasteiger partial charge in [-0.25, -0.2) is 4.98 Å². The molecule has 1 amide bonds. The van der Waals surface area contributed by atoms with E-state index in [1.807, 2.05) is 24.4 Å². The van der Waals surface area contributed by atoms with Crippen LogP contribution in [0.4, 0.5) is 0 Å². The fraction of sp³-hybridized carbons (Fsp3) is 0.375. The molecule has 0 aliphatic rings. The first-order chi connectivity index (χ1) is 11.1. The molecule has 0 aliphatic carbocycles. The number of rotatable bonds is 8. The third-order valence-electron chi connectivity index (χ3n) is 3.33. The summed E-state index contributed by atoms with van der Waals surface area (Å²) < 4.78 is 0. The van der Waals surface area contributed by atoms with Crippen LogP contribution in [0.15, 0.2) is 29.9 Å². The standard InChI is InChI=1S/C16H19N3O3S/c1-2-4-12(16(21)22)9-18-14(20)7-13-10-23-15(19-13)11-5-3-6-17-8-11/h3,5-6,8,10,12H,2,4,7,9H2,1H3,(H,18,20)(H,21,22). The molecular weight excluding hydrogens is 314 g/mol. The highest BCUT2D eigenvalue weighted by Gasteiger charge is 2.17. The summed E-state index contributed by atoms with van der Waals surface area (Å²) in [7, 11) is 0. The number of nitrogens with one attached hydrogen (secondary N) is 1. The highest BCUT2D eigenvalue weighted by molar-refractivity contribution is 7.13. The Morgan fingerprint density at radius 3 is 2.91 bits per heavy atom. The van der Waals surface area contributed by atoms with Crippen LogP contribution < -0.4 is 5.32 Å². The Balaban J connectivity index is 1.88. The van der Waals surface area contributed by atoms with Crippen molar-refractivity contribution in [1.82, 2.24) is 15.3 Å². The number of nitrogens with zero attached hydrogens (tertiary/aromatic N) is 2. The minimum Gasteiger partial charge on any atom is -0.481 e. The molecule has 6 nitrogen and oxygen atoms in total. The summed E-state index contributed by atoms with van der Waals surface area (Å²) in [6.45, 7) is 2.08. The molecule has 122 valence electrons. The molecule has 0 aliphatic heterocycles. The maximum atomic E-state index is 11.9. The summed E-state index contributed by atoms with van der Waals surface area (Å²) in [6.07, 6.45) is 4.89. The number of amides is 1. The fourth-order valence-electron chi connectivity index (χ4n) is 2.14. The van der Waals surface area contributed by atoms with Gasteiger partial charge in [0.05, 0.1) is 18.0 Å². The van der Waals surface area contributed by atoms with E-state index in [-0.39, 0.29) is 18.9 Å². The van der Waals surface area contributed by atoms with Crippen LogP contribution in [0.3, 0.4) is 0 Å². The zero-order valence-corrected chi connectivity index (χ0v) is 13.7. The average molecular weight is 333 g/mol.